The van der Waals surface area contributed by atoms with Gasteiger partial charge in [0.05, 0.1) is 5.02 Å². The van der Waals surface area contributed by atoms with Crippen LogP contribution in [0, 0.1) is 13.8 Å². The molecule has 7 heteroatoms. The SMILES string of the molecule is CC1=C(Cl)C2=Cc3c(Cl)c(C)c(C)n3[B-](F)(F)[N+]2=C1C. The first-order chi connectivity index (χ1) is 9.19. The van der Waals surface area contributed by atoms with Gasteiger partial charge >= 0.3 is 6.97 Å². The maximum atomic E-state index is 14.9. The third kappa shape index (κ3) is 1.42. The van der Waals surface area contributed by atoms with Gasteiger partial charge < -0.3 is 17.6 Å². The minimum Gasteiger partial charge on any atom is -0.393 e. The van der Waals surface area contributed by atoms with Gasteiger partial charge in [-0.3, -0.25) is 0 Å². The van der Waals surface area contributed by atoms with Crippen LogP contribution in [-0.2, 0) is 0 Å². The van der Waals surface area contributed by atoms with Crippen molar-refractivity contribution in [2.24, 2.45) is 0 Å². The Kier molecular flexibility index (Phi) is 2.77. The first-order valence-corrected chi connectivity index (χ1v) is 7.06. The maximum absolute atomic E-state index is 14.9. The standard InChI is InChI=1S/C13H13BCl2F2N2/c1-6-8(3)19-10(12(6)15)5-11-13(16)7(2)9(4)20(11)14(19,17)18/h5H,1-4H3. The van der Waals surface area contributed by atoms with Crippen LogP contribution in [-0.4, -0.2) is 21.6 Å². The second-order valence-corrected chi connectivity index (χ2v) is 6.05. The molecule has 0 aromatic carbocycles. The molecular formula is C13H13BCl2F2N2. The summed E-state index contributed by atoms with van der Waals surface area (Å²) >= 11 is 12.4. The Bertz CT molecular complexity index is 757. The molecule has 2 nitrogen and oxygen atoms in total. The molecule has 0 aliphatic carbocycles. The van der Waals surface area contributed by atoms with Crippen LogP contribution >= 0.6 is 23.2 Å². The summed E-state index contributed by atoms with van der Waals surface area (Å²) in [5, 5.41) is 0.728. The molecule has 20 heavy (non-hydrogen) atoms. The van der Waals surface area contributed by atoms with E-state index in [9.17, 15) is 8.63 Å². The van der Waals surface area contributed by atoms with E-state index in [0.717, 1.165) is 8.96 Å². The summed E-state index contributed by atoms with van der Waals surface area (Å²) in [6.07, 6.45) is 1.64. The highest BCUT2D eigenvalue weighted by molar-refractivity contribution is 6.59. The summed E-state index contributed by atoms with van der Waals surface area (Å²) in [5.41, 5.74) is 2.99. The van der Waals surface area contributed by atoms with Gasteiger partial charge in [-0.05, 0) is 32.0 Å². The Morgan fingerprint density at radius 1 is 1.15 bits per heavy atom. The van der Waals surface area contributed by atoms with Crippen LogP contribution in [0.3, 0.4) is 0 Å². The lowest BCUT2D eigenvalue weighted by Crippen LogP contribution is -2.50. The Morgan fingerprint density at radius 3 is 2.35 bits per heavy atom. The lowest BCUT2D eigenvalue weighted by atomic mass is 9.90. The third-order valence-corrected chi connectivity index (χ3v) is 5.28. The quantitative estimate of drug-likeness (QED) is 0.629. The van der Waals surface area contributed by atoms with Gasteiger partial charge in [-0.1, -0.05) is 23.2 Å². The summed E-state index contributed by atoms with van der Waals surface area (Å²) in [6, 6.07) is 0. The molecule has 1 aromatic heterocycles. The van der Waals surface area contributed by atoms with Gasteiger partial charge in [-0.2, -0.15) is 0 Å². The van der Waals surface area contributed by atoms with Crippen molar-refractivity contribution in [3.05, 3.63) is 38.3 Å². The second-order valence-electron chi connectivity index (χ2n) is 5.29. The van der Waals surface area contributed by atoms with Crippen LogP contribution in [0.25, 0.3) is 6.08 Å². The highest BCUT2D eigenvalue weighted by Gasteiger charge is 2.54. The van der Waals surface area contributed by atoms with Crippen molar-refractivity contribution < 1.29 is 13.1 Å². The van der Waals surface area contributed by atoms with Crippen molar-refractivity contribution in [2.45, 2.75) is 27.7 Å². The van der Waals surface area contributed by atoms with E-state index in [1.165, 1.54) is 0 Å². The Balaban J connectivity index is 2.44. The Hall–Kier alpha value is -1.07. The molecule has 0 bridgehead atoms. The molecule has 3 rings (SSSR count). The summed E-state index contributed by atoms with van der Waals surface area (Å²) in [5.74, 6) is 0. The molecule has 0 saturated carbocycles. The fourth-order valence-corrected chi connectivity index (χ4v) is 3.51. The first kappa shape index (κ1) is 13.9. The molecule has 106 valence electrons. The summed E-state index contributed by atoms with van der Waals surface area (Å²) in [4.78, 5) is 0. The lowest BCUT2D eigenvalue weighted by molar-refractivity contribution is -0.362. The van der Waals surface area contributed by atoms with Crippen LogP contribution in [0.2, 0.25) is 5.02 Å². The molecule has 0 radical (unpaired) electrons. The first-order valence-electron chi connectivity index (χ1n) is 6.30. The van der Waals surface area contributed by atoms with E-state index in [-0.39, 0.29) is 0 Å². The zero-order chi connectivity index (χ0) is 15.0. The number of aromatic nitrogens is 1. The molecule has 0 spiro atoms. The molecule has 2 aliphatic rings. The van der Waals surface area contributed by atoms with Crippen LogP contribution in [0.5, 0.6) is 0 Å². The summed E-state index contributed by atoms with van der Waals surface area (Å²) in [7, 11) is 0. The van der Waals surface area contributed by atoms with Crippen molar-refractivity contribution in [3.8, 4) is 0 Å². The van der Waals surface area contributed by atoms with Gasteiger partial charge in [0.2, 0.25) is 0 Å². The zero-order valence-corrected chi connectivity index (χ0v) is 13.1. The van der Waals surface area contributed by atoms with Gasteiger partial charge in [0.15, 0.2) is 5.70 Å². The number of halogens is 4. The van der Waals surface area contributed by atoms with Gasteiger partial charge in [0, 0.05) is 24.3 Å². The van der Waals surface area contributed by atoms with Gasteiger partial charge in [-0.15, -0.1) is 0 Å². The van der Waals surface area contributed by atoms with E-state index in [2.05, 4.69) is 0 Å². The molecule has 1 aromatic rings. The van der Waals surface area contributed by atoms with E-state index in [1.807, 2.05) is 0 Å². The fourth-order valence-electron chi connectivity index (χ4n) is 2.95. The summed E-state index contributed by atoms with van der Waals surface area (Å²) < 4.78 is 32.0. The largest absolute Gasteiger partial charge is 0.737 e. The normalized spacial score (nSPS) is 20.3. The van der Waals surface area contributed by atoms with E-state index in [1.54, 1.807) is 33.8 Å². The van der Waals surface area contributed by atoms with Gasteiger partial charge in [-0.25, -0.2) is 0 Å². The van der Waals surface area contributed by atoms with Crippen molar-refractivity contribution in [1.82, 2.24) is 4.48 Å². The Morgan fingerprint density at radius 2 is 1.75 bits per heavy atom. The van der Waals surface area contributed by atoms with Crippen molar-refractivity contribution >= 4 is 42.0 Å². The van der Waals surface area contributed by atoms with E-state index < -0.39 is 6.97 Å². The molecule has 0 atom stereocenters. The van der Waals surface area contributed by atoms with Crippen LogP contribution in [0.15, 0.2) is 16.3 Å². The topological polar surface area (TPSA) is 7.94 Å². The van der Waals surface area contributed by atoms with Crippen molar-refractivity contribution in [3.63, 3.8) is 0 Å². The van der Waals surface area contributed by atoms with E-state index in [4.69, 9.17) is 23.2 Å². The average Bonchev–Trinajstić information content (AvgIpc) is 2.73. The van der Waals surface area contributed by atoms with Crippen molar-refractivity contribution in [2.75, 3.05) is 0 Å². The molecule has 2 aliphatic heterocycles. The van der Waals surface area contributed by atoms with Gasteiger partial charge in [0.25, 0.3) is 0 Å². The third-order valence-electron chi connectivity index (χ3n) is 4.33. The van der Waals surface area contributed by atoms with Crippen LogP contribution in [0.1, 0.15) is 30.8 Å². The predicted octanol–water partition coefficient (Wildman–Crippen LogP) is 4.34. The van der Waals surface area contributed by atoms with Gasteiger partial charge in [0.1, 0.15) is 10.7 Å². The molecule has 0 fully saturated rings. The molecular weight excluding hydrogens is 304 g/mol. The fraction of sp³-hybridized carbons (Fsp3) is 0.308. The highest BCUT2D eigenvalue weighted by Crippen LogP contribution is 2.42. The lowest BCUT2D eigenvalue weighted by Gasteiger charge is -2.30. The molecule has 0 unspecified atom stereocenters. The maximum Gasteiger partial charge on any atom is 0.737 e. The minimum absolute atomic E-state index is 0.332. The van der Waals surface area contributed by atoms with Crippen LogP contribution < -0.4 is 0 Å². The second kappa shape index (κ2) is 3.98. The zero-order valence-electron chi connectivity index (χ0n) is 11.6. The average molecular weight is 317 g/mol. The summed E-state index contributed by atoms with van der Waals surface area (Å²) in [6.45, 7) is 2.84. The number of allylic oxidation sites excluding steroid dienone is 2. The smallest absolute Gasteiger partial charge is 0.393 e. The van der Waals surface area contributed by atoms with E-state index >= 15 is 0 Å². The Labute approximate surface area is 126 Å². The molecule has 0 N–H and O–H groups in total. The van der Waals surface area contributed by atoms with E-state index in [0.29, 0.717) is 44.0 Å². The highest BCUT2D eigenvalue weighted by atomic mass is 35.5. The minimum atomic E-state index is -3.98. The molecule has 0 amide bonds. The number of hydrogen-bond donors (Lipinski definition) is 0. The predicted molar refractivity (Wildman–Crippen MR) is 79.8 cm³/mol. The number of rotatable bonds is 0. The monoisotopic (exact) mass is 316 g/mol. The van der Waals surface area contributed by atoms with Crippen molar-refractivity contribution in [1.29, 1.82) is 0 Å². The number of hydrogen-bond acceptors (Lipinski definition) is 0. The number of fused-ring (bicyclic) bond motifs is 2. The molecule has 3 heterocycles. The molecule has 0 saturated heterocycles. The van der Waals surface area contributed by atoms with Crippen LogP contribution in [0.4, 0.5) is 8.63 Å². The number of nitrogens with zero attached hydrogens (tertiary/aromatic N) is 2.